The van der Waals surface area contributed by atoms with Crippen LogP contribution in [0.25, 0.3) is 0 Å². The van der Waals surface area contributed by atoms with Crippen LogP contribution in [0.3, 0.4) is 0 Å². The fraction of sp³-hybridized carbons (Fsp3) is 0.625. The van der Waals surface area contributed by atoms with E-state index in [1.807, 2.05) is 13.8 Å². The van der Waals surface area contributed by atoms with Crippen molar-refractivity contribution in [3.8, 4) is 0 Å². The number of fused-ring (bicyclic) bond motifs is 1. The molecule has 0 spiro atoms. The first-order valence-corrected chi connectivity index (χ1v) is 9.74. The minimum atomic E-state index is -3.76. The Morgan fingerprint density at radius 2 is 2.17 bits per heavy atom. The summed E-state index contributed by atoms with van der Waals surface area (Å²) in [5.41, 5.74) is -0.0907. The minimum Gasteiger partial charge on any atom is -0.377 e. The van der Waals surface area contributed by atoms with E-state index in [1.165, 1.54) is 19.2 Å². The maximum Gasteiger partial charge on any atom is 0.279 e. The van der Waals surface area contributed by atoms with Gasteiger partial charge in [0.15, 0.2) is 0 Å². The van der Waals surface area contributed by atoms with Gasteiger partial charge in [-0.05, 0) is 18.6 Å². The van der Waals surface area contributed by atoms with Crippen molar-refractivity contribution in [3.63, 3.8) is 0 Å². The van der Waals surface area contributed by atoms with Crippen LogP contribution in [0.2, 0.25) is 5.02 Å². The Morgan fingerprint density at radius 1 is 1.46 bits per heavy atom. The van der Waals surface area contributed by atoms with Crippen LogP contribution < -0.4 is 4.72 Å². The van der Waals surface area contributed by atoms with E-state index in [0.717, 1.165) is 10.7 Å². The SMILES string of the molecule is CN(Cc1c(F)cccc1Cl)S(=O)(=O)N[C@@H]1[C@H]2CCO[C@H]2C1(C)C. The molecule has 2 aliphatic rings. The molecule has 3 atom stereocenters. The summed E-state index contributed by atoms with van der Waals surface area (Å²) >= 11 is 5.99. The van der Waals surface area contributed by atoms with Crippen molar-refractivity contribution in [1.82, 2.24) is 9.03 Å². The molecule has 0 aromatic heterocycles. The second-order valence-corrected chi connectivity index (χ2v) is 9.34. The first-order valence-electron chi connectivity index (χ1n) is 7.92. The number of nitrogens with zero attached hydrogens (tertiary/aromatic N) is 1. The fourth-order valence-electron chi connectivity index (χ4n) is 3.80. The molecule has 8 heteroatoms. The van der Waals surface area contributed by atoms with Crippen LogP contribution in [0.5, 0.6) is 0 Å². The van der Waals surface area contributed by atoms with E-state index in [-0.39, 0.29) is 40.6 Å². The van der Waals surface area contributed by atoms with E-state index in [2.05, 4.69) is 4.72 Å². The highest BCUT2D eigenvalue weighted by Gasteiger charge is 2.60. The summed E-state index contributed by atoms with van der Waals surface area (Å²) in [6.45, 7) is 4.54. The van der Waals surface area contributed by atoms with Crippen LogP contribution in [0.1, 0.15) is 25.8 Å². The zero-order valence-corrected chi connectivity index (χ0v) is 15.5. The molecule has 0 radical (unpaired) electrons. The molecule has 0 amide bonds. The maximum atomic E-state index is 13.9. The number of hydrogen-bond acceptors (Lipinski definition) is 3. The number of hydrogen-bond donors (Lipinski definition) is 1. The number of rotatable bonds is 5. The molecule has 1 aromatic rings. The van der Waals surface area contributed by atoms with Gasteiger partial charge in [0.05, 0.1) is 6.10 Å². The quantitative estimate of drug-likeness (QED) is 0.859. The van der Waals surface area contributed by atoms with E-state index in [9.17, 15) is 12.8 Å². The molecule has 1 aliphatic carbocycles. The monoisotopic (exact) mass is 376 g/mol. The van der Waals surface area contributed by atoms with E-state index in [0.29, 0.717) is 6.61 Å². The van der Waals surface area contributed by atoms with Crippen molar-refractivity contribution in [3.05, 3.63) is 34.6 Å². The van der Waals surface area contributed by atoms with Gasteiger partial charge in [0.25, 0.3) is 10.2 Å². The second kappa shape index (κ2) is 6.21. The number of nitrogens with one attached hydrogen (secondary N) is 1. The number of ether oxygens (including phenoxy) is 1. The third-order valence-corrected chi connectivity index (χ3v) is 7.08. The van der Waals surface area contributed by atoms with Crippen LogP contribution in [0, 0.1) is 17.2 Å². The molecule has 1 saturated heterocycles. The van der Waals surface area contributed by atoms with Gasteiger partial charge in [-0.25, -0.2) is 4.39 Å². The third-order valence-electron chi connectivity index (χ3n) is 5.23. The van der Waals surface area contributed by atoms with E-state index in [1.54, 1.807) is 6.07 Å². The topological polar surface area (TPSA) is 58.6 Å². The van der Waals surface area contributed by atoms with Crippen molar-refractivity contribution in [2.24, 2.45) is 11.3 Å². The molecule has 3 rings (SSSR count). The van der Waals surface area contributed by atoms with Crippen molar-refractivity contribution < 1.29 is 17.5 Å². The van der Waals surface area contributed by atoms with Gasteiger partial charge in [0.2, 0.25) is 0 Å². The maximum absolute atomic E-state index is 13.9. The van der Waals surface area contributed by atoms with Gasteiger partial charge >= 0.3 is 0 Å². The molecule has 0 bridgehead atoms. The molecule has 2 fully saturated rings. The zero-order chi connectivity index (χ0) is 17.7. The summed E-state index contributed by atoms with van der Waals surface area (Å²) < 4.78 is 48.7. The van der Waals surface area contributed by atoms with Gasteiger partial charge in [-0.15, -0.1) is 0 Å². The average Bonchev–Trinajstić information content (AvgIpc) is 2.96. The largest absolute Gasteiger partial charge is 0.377 e. The molecule has 5 nitrogen and oxygen atoms in total. The summed E-state index contributed by atoms with van der Waals surface area (Å²) in [5, 5.41) is 0.213. The number of benzene rings is 1. The summed E-state index contributed by atoms with van der Waals surface area (Å²) in [4.78, 5) is 0. The van der Waals surface area contributed by atoms with Crippen molar-refractivity contribution >= 4 is 21.8 Å². The van der Waals surface area contributed by atoms with Crippen LogP contribution in [0.4, 0.5) is 4.39 Å². The van der Waals surface area contributed by atoms with Crippen molar-refractivity contribution in [2.75, 3.05) is 13.7 Å². The van der Waals surface area contributed by atoms with Gasteiger partial charge in [0, 0.05) is 48.2 Å². The van der Waals surface area contributed by atoms with E-state index < -0.39 is 16.0 Å². The molecule has 1 N–H and O–H groups in total. The van der Waals surface area contributed by atoms with Crippen molar-refractivity contribution in [2.45, 2.75) is 39.0 Å². The Hall–Kier alpha value is -0.730. The van der Waals surface area contributed by atoms with Gasteiger partial charge in [-0.1, -0.05) is 31.5 Å². The van der Waals surface area contributed by atoms with E-state index in [4.69, 9.17) is 16.3 Å². The number of halogens is 2. The van der Waals surface area contributed by atoms with Gasteiger partial charge in [0.1, 0.15) is 5.82 Å². The predicted octanol–water partition coefficient (Wildman–Crippen LogP) is 2.56. The summed E-state index contributed by atoms with van der Waals surface area (Å²) in [7, 11) is -2.34. The molecular formula is C16H22ClFN2O3S. The summed E-state index contributed by atoms with van der Waals surface area (Å²) in [6, 6.07) is 4.12. The van der Waals surface area contributed by atoms with Crippen LogP contribution in [-0.4, -0.2) is 38.5 Å². The smallest absolute Gasteiger partial charge is 0.279 e. The normalized spacial score (nSPS) is 28.7. The lowest BCUT2D eigenvalue weighted by Crippen LogP contribution is -2.67. The predicted molar refractivity (Wildman–Crippen MR) is 90.3 cm³/mol. The summed E-state index contributed by atoms with van der Waals surface area (Å²) in [5.74, 6) is -0.321. The molecule has 1 aliphatic heterocycles. The van der Waals surface area contributed by atoms with Crippen LogP contribution >= 0.6 is 11.6 Å². The first-order chi connectivity index (χ1) is 11.1. The molecular weight excluding hydrogens is 355 g/mol. The zero-order valence-electron chi connectivity index (χ0n) is 13.9. The Labute approximate surface area is 147 Å². The Balaban J connectivity index is 1.74. The van der Waals surface area contributed by atoms with Crippen LogP contribution in [0.15, 0.2) is 18.2 Å². The van der Waals surface area contributed by atoms with Crippen molar-refractivity contribution in [1.29, 1.82) is 0 Å². The second-order valence-electron chi connectivity index (χ2n) is 7.12. The molecule has 1 aromatic carbocycles. The molecule has 1 heterocycles. The lowest BCUT2D eigenvalue weighted by Gasteiger charge is -2.54. The van der Waals surface area contributed by atoms with E-state index >= 15 is 0 Å². The van der Waals surface area contributed by atoms with Gasteiger partial charge in [-0.2, -0.15) is 17.4 Å². The Bertz CT molecular complexity index is 721. The highest BCUT2D eigenvalue weighted by atomic mass is 35.5. The molecule has 134 valence electrons. The summed E-state index contributed by atoms with van der Waals surface area (Å²) in [6.07, 6.45) is 0.945. The molecule has 0 unspecified atom stereocenters. The highest BCUT2D eigenvalue weighted by Crippen LogP contribution is 2.52. The third kappa shape index (κ3) is 2.97. The van der Waals surface area contributed by atoms with Gasteiger partial charge < -0.3 is 4.74 Å². The highest BCUT2D eigenvalue weighted by molar-refractivity contribution is 7.87. The fourth-order valence-corrected chi connectivity index (χ4v) is 5.31. The van der Waals surface area contributed by atoms with Gasteiger partial charge in [-0.3, -0.25) is 0 Å². The average molecular weight is 377 g/mol. The minimum absolute atomic E-state index is 0.0940. The van der Waals surface area contributed by atoms with Crippen LogP contribution in [-0.2, 0) is 21.5 Å². The standard InChI is InChI=1S/C16H22ClFN2O3S/c1-16(2)14(10-7-8-23-15(10)16)19-24(21,22)20(3)9-11-12(17)5-4-6-13(11)18/h4-6,10,14-15,19H,7-9H2,1-3H3/t10-,14-,15-/m1/s1. The molecule has 1 saturated carbocycles. The Kier molecular flexibility index (Phi) is 4.68. The lowest BCUT2D eigenvalue weighted by molar-refractivity contribution is -0.105. The Morgan fingerprint density at radius 3 is 2.83 bits per heavy atom. The molecule has 24 heavy (non-hydrogen) atoms. The first kappa shape index (κ1) is 18.1. The lowest BCUT2D eigenvalue weighted by atomic mass is 9.58.